The Labute approximate surface area is 285 Å². The molecule has 0 bridgehead atoms. The molecule has 0 aliphatic carbocycles. The van der Waals surface area contributed by atoms with Crippen LogP contribution in [-0.4, -0.2) is 139 Å². The molecule has 4 fully saturated rings. The van der Waals surface area contributed by atoms with Crippen LogP contribution in [0.2, 0.25) is 0 Å². The number of likely N-dealkylation sites (N-methyl/N-ethyl adjacent to an activating group) is 1. The van der Waals surface area contributed by atoms with E-state index in [4.69, 9.17) is 33.2 Å². The van der Waals surface area contributed by atoms with Gasteiger partial charge >= 0.3 is 5.97 Å². The number of ketones is 1. The number of hydrogen-bond acceptors (Lipinski definition) is 13. The van der Waals surface area contributed by atoms with E-state index in [9.17, 15) is 24.9 Å². The van der Waals surface area contributed by atoms with Gasteiger partial charge in [0.1, 0.15) is 18.3 Å². The van der Waals surface area contributed by atoms with Crippen LogP contribution in [0.15, 0.2) is 0 Å². The number of nitrogens with zero attached hydrogens (tertiary/aromatic N) is 1. The Morgan fingerprint density at radius 1 is 0.792 bits per heavy atom. The van der Waals surface area contributed by atoms with E-state index in [1.165, 1.54) is 7.11 Å². The van der Waals surface area contributed by atoms with Crippen LogP contribution in [-0.2, 0) is 42.7 Å². The molecule has 0 aromatic rings. The molecule has 13 nitrogen and oxygen atoms in total. The fourth-order valence-electron chi connectivity index (χ4n) is 7.89. The third kappa shape index (κ3) is 8.43. The molecule has 4 rings (SSSR count). The summed E-state index contributed by atoms with van der Waals surface area (Å²) in [5.74, 6) is -3.74. The van der Waals surface area contributed by atoms with Crippen LogP contribution in [0, 0.1) is 29.6 Å². The number of aliphatic hydroxyl groups excluding tert-OH is 3. The molecule has 0 saturated carbocycles. The van der Waals surface area contributed by atoms with Gasteiger partial charge in [-0.2, -0.15) is 0 Å². The van der Waals surface area contributed by atoms with E-state index in [1.54, 1.807) is 34.6 Å². The molecule has 1 spiro atoms. The van der Waals surface area contributed by atoms with Crippen LogP contribution < -0.4 is 0 Å². The monoisotopic (exact) mass is 687 g/mol. The maximum Gasteiger partial charge on any atom is 0.311 e. The van der Waals surface area contributed by atoms with Gasteiger partial charge in [-0.3, -0.25) is 9.59 Å². The molecule has 3 N–H and O–H groups in total. The minimum atomic E-state index is -1.10. The molecule has 18 atom stereocenters. The predicted molar refractivity (Wildman–Crippen MR) is 174 cm³/mol. The predicted octanol–water partition coefficient (Wildman–Crippen LogP) is 1.91. The summed E-state index contributed by atoms with van der Waals surface area (Å²) in [6, 6.07) is -0.219. The van der Waals surface area contributed by atoms with Crippen molar-refractivity contribution in [2.45, 2.75) is 154 Å². The molecule has 4 heterocycles. The molecule has 0 amide bonds. The summed E-state index contributed by atoms with van der Waals surface area (Å²) in [6.07, 6.45) is -7.15. The highest BCUT2D eigenvalue weighted by Crippen LogP contribution is 2.43. The second-order valence-corrected chi connectivity index (χ2v) is 15.3. The molecule has 48 heavy (non-hydrogen) atoms. The lowest BCUT2D eigenvalue weighted by Crippen LogP contribution is -2.57. The second-order valence-electron chi connectivity index (χ2n) is 15.3. The van der Waals surface area contributed by atoms with E-state index in [0.29, 0.717) is 6.42 Å². The Morgan fingerprint density at radius 3 is 2.02 bits per heavy atom. The maximum atomic E-state index is 13.9. The molecule has 0 radical (unpaired) electrons. The number of carbonyl (C=O) groups is 2. The molecule has 4 aliphatic heterocycles. The molecule has 4 aliphatic rings. The molecular formula is C35H61NO12. The van der Waals surface area contributed by atoms with Crippen molar-refractivity contribution in [3.05, 3.63) is 0 Å². The lowest BCUT2D eigenvalue weighted by atomic mass is 9.76. The maximum absolute atomic E-state index is 13.9. The van der Waals surface area contributed by atoms with Crippen LogP contribution >= 0.6 is 0 Å². The number of esters is 1. The number of rotatable bonds is 6. The van der Waals surface area contributed by atoms with E-state index >= 15 is 0 Å². The highest BCUT2D eigenvalue weighted by molar-refractivity contribution is 5.92. The molecular weight excluding hydrogens is 626 g/mol. The van der Waals surface area contributed by atoms with Crippen molar-refractivity contribution in [1.82, 2.24) is 4.90 Å². The van der Waals surface area contributed by atoms with Crippen LogP contribution in [0.5, 0.6) is 0 Å². The SMILES string of the molecule is CO[C@H]1C[C@@H](O[C@H]2[C@H](C)[C@@H](O[C@H]3O[C@@H](C)C[C@@H](N(C)C)[C@H]3O)[C@@H](C)C[C@]3(CO3)C(=O)[C@H](C)[C@@H](O)[C@@H](C)[C@@H](C)OC(=O)[C@@H]2C)O[C@@H](C)[C@@H]1O. The number of cyclic esters (lactones) is 1. The van der Waals surface area contributed by atoms with Crippen LogP contribution in [0.4, 0.5) is 0 Å². The molecule has 278 valence electrons. The van der Waals surface area contributed by atoms with Gasteiger partial charge in [-0.25, -0.2) is 0 Å². The molecule has 4 saturated heterocycles. The Kier molecular flexibility index (Phi) is 13.1. The van der Waals surface area contributed by atoms with Gasteiger partial charge in [0.05, 0.1) is 49.1 Å². The lowest BCUT2D eigenvalue weighted by Gasteiger charge is -2.46. The number of methoxy groups -OCH3 is 1. The number of Topliss-reactive ketones (excluding diaryl/α,β-unsaturated/α-hetero) is 1. The van der Waals surface area contributed by atoms with E-state index < -0.39 is 96.7 Å². The highest BCUT2D eigenvalue weighted by Gasteiger charge is 2.57. The summed E-state index contributed by atoms with van der Waals surface area (Å²) in [6.45, 7) is 14.6. The molecule has 0 unspecified atom stereocenters. The van der Waals surface area contributed by atoms with Crippen molar-refractivity contribution in [1.29, 1.82) is 0 Å². The average molecular weight is 688 g/mol. The van der Waals surface area contributed by atoms with Crippen LogP contribution in [0.25, 0.3) is 0 Å². The summed E-state index contributed by atoms with van der Waals surface area (Å²) in [5.41, 5.74) is -1.10. The van der Waals surface area contributed by atoms with Crippen molar-refractivity contribution in [2.24, 2.45) is 29.6 Å². The zero-order valence-electron chi connectivity index (χ0n) is 30.6. The Bertz CT molecular complexity index is 1090. The first-order chi connectivity index (χ1) is 22.4. The summed E-state index contributed by atoms with van der Waals surface area (Å²) in [7, 11) is 5.32. The van der Waals surface area contributed by atoms with Gasteiger partial charge in [-0.1, -0.05) is 27.7 Å². The average Bonchev–Trinajstić information content (AvgIpc) is 3.82. The van der Waals surface area contributed by atoms with Crippen LogP contribution in [0.1, 0.15) is 74.7 Å². The lowest BCUT2D eigenvalue weighted by molar-refractivity contribution is -0.299. The smallest absolute Gasteiger partial charge is 0.311 e. The summed E-state index contributed by atoms with van der Waals surface area (Å²) >= 11 is 0. The summed E-state index contributed by atoms with van der Waals surface area (Å²) in [4.78, 5) is 29.7. The second kappa shape index (κ2) is 16.0. The Morgan fingerprint density at radius 2 is 1.44 bits per heavy atom. The molecule has 0 aromatic carbocycles. The number of carbonyl (C=O) groups excluding carboxylic acids is 2. The normalized spacial score (nSPS) is 49.9. The first-order valence-electron chi connectivity index (χ1n) is 17.7. The van der Waals surface area contributed by atoms with E-state index in [0.717, 1.165) is 0 Å². The number of aliphatic hydroxyl groups is 3. The summed E-state index contributed by atoms with van der Waals surface area (Å²) < 4.78 is 43.0. The van der Waals surface area contributed by atoms with Crippen molar-refractivity contribution < 1.29 is 58.1 Å². The fourth-order valence-corrected chi connectivity index (χ4v) is 7.89. The van der Waals surface area contributed by atoms with Crippen LogP contribution in [0.3, 0.4) is 0 Å². The van der Waals surface area contributed by atoms with Gasteiger partial charge in [0.2, 0.25) is 0 Å². The van der Waals surface area contributed by atoms with Crippen molar-refractivity contribution in [2.75, 3.05) is 27.8 Å². The Balaban J connectivity index is 1.75. The first-order valence-corrected chi connectivity index (χ1v) is 17.7. The quantitative estimate of drug-likeness (QED) is 0.274. The van der Waals surface area contributed by atoms with E-state index in [-0.39, 0.29) is 43.3 Å². The van der Waals surface area contributed by atoms with Gasteiger partial charge in [-0.15, -0.1) is 0 Å². The number of hydrogen-bond donors (Lipinski definition) is 3. The minimum Gasteiger partial charge on any atom is -0.462 e. The van der Waals surface area contributed by atoms with Crippen molar-refractivity contribution >= 4 is 11.8 Å². The first kappa shape index (κ1) is 39.5. The third-order valence-electron chi connectivity index (χ3n) is 11.4. The zero-order valence-corrected chi connectivity index (χ0v) is 30.6. The van der Waals surface area contributed by atoms with Crippen molar-refractivity contribution in [3.63, 3.8) is 0 Å². The number of ether oxygens (including phenoxy) is 7. The minimum absolute atomic E-state index is 0.198. The van der Waals surface area contributed by atoms with Gasteiger partial charge in [-0.05, 0) is 60.5 Å². The Hall–Kier alpha value is -1.26. The van der Waals surface area contributed by atoms with Gasteiger partial charge in [0, 0.05) is 37.3 Å². The standard InChI is InChI=1S/C35H61NO12/c1-16-14-35(15-43-35)32(40)19(4)27(37)18(3)22(7)46-33(41)21(6)31(47-26-13-25(42-11)28(38)23(8)45-26)20(5)30(16)48-34-29(39)24(36(9)10)12-17(2)44-34/h16-31,34,37-39H,12-15H2,1-11H3/t16-,17-,18-,19+,20+,21+,22+,23-,24+,25-,26+,27-,28-,29+,30-,31-,34+,35-/m0/s1. The van der Waals surface area contributed by atoms with Crippen molar-refractivity contribution in [3.8, 4) is 0 Å². The van der Waals surface area contributed by atoms with Gasteiger partial charge < -0.3 is 53.4 Å². The van der Waals surface area contributed by atoms with Gasteiger partial charge in [0.25, 0.3) is 0 Å². The number of epoxide rings is 1. The van der Waals surface area contributed by atoms with Gasteiger partial charge in [0.15, 0.2) is 24.0 Å². The highest BCUT2D eigenvalue weighted by atomic mass is 16.7. The van der Waals surface area contributed by atoms with E-state index in [1.807, 2.05) is 39.8 Å². The zero-order chi connectivity index (χ0) is 35.8. The topological polar surface area (TPSA) is 166 Å². The summed E-state index contributed by atoms with van der Waals surface area (Å²) in [5, 5.41) is 33.3. The largest absolute Gasteiger partial charge is 0.462 e. The molecule has 13 heteroatoms. The third-order valence-corrected chi connectivity index (χ3v) is 11.4. The fraction of sp³-hybridized carbons (Fsp3) is 0.943. The van der Waals surface area contributed by atoms with E-state index in [2.05, 4.69) is 0 Å². The molecule has 0 aromatic heterocycles.